The molecule has 6 heteroatoms. The molecule has 2 saturated heterocycles. The number of nitrogens with one attached hydrogen (secondary N) is 1. The summed E-state index contributed by atoms with van der Waals surface area (Å²) in [6.45, 7) is 7.46. The molecule has 27 heavy (non-hydrogen) atoms. The zero-order valence-electron chi connectivity index (χ0n) is 16.6. The summed E-state index contributed by atoms with van der Waals surface area (Å²) in [5, 5.41) is 3.40. The van der Waals surface area contributed by atoms with E-state index in [0.29, 0.717) is 19.6 Å². The molecule has 0 radical (unpaired) electrons. The lowest BCUT2D eigenvalue weighted by atomic mass is 9.92. The summed E-state index contributed by atoms with van der Waals surface area (Å²) < 4.78 is 5.53. The number of hydrogen-bond acceptors (Lipinski definition) is 4. The molecule has 1 atom stereocenters. The number of likely N-dealkylation sites (tertiary alicyclic amines) is 1. The van der Waals surface area contributed by atoms with Crippen molar-refractivity contribution in [3.8, 4) is 5.75 Å². The Hall–Kier alpha value is -2.08. The smallest absolute Gasteiger partial charge is 0.226 e. The predicted molar refractivity (Wildman–Crippen MR) is 104 cm³/mol. The Morgan fingerprint density at radius 1 is 1.15 bits per heavy atom. The van der Waals surface area contributed by atoms with Crippen LogP contribution in [-0.2, 0) is 9.59 Å². The van der Waals surface area contributed by atoms with Crippen LogP contribution in [0.4, 0.5) is 0 Å². The first-order chi connectivity index (χ1) is 13.0. The molecule has 0 aromatic heterocycles. The third kappa shape index (κ3) is 4.26. The van der Waals surface area contributed by atoms with Gasteiger partial charge in [-0.05, 0) is 18.9 Å². The van der Waals surface area contributed by atoms with Gasteiger partial charge in [0.2, 0.25) is 11.8 Å². The Morgan fingerprint density at radius 3 is 2.52 bits per heavy atom. The standard InChI is InChI=1S/C21H31N3O3/c1-15(2)20(25)23-11-8-16(9-12-23)21(26)24-13-10-22-14-18(24)17-6-4-5-7-19(17)27-3/h4-7,15-16,18,22H,8-14H2,1-3H3. The number of piperidine rings is 1. The van der Waals surface area contributed by atoms with Gasteiger partial charge in [0.15, 0.2) is 0 Å². The average molecular weight is 373 g/mol. The van der Waals surface area contributed by atoms with Gasteiger partial charge in [-0.2, -0.15) is 0 Å². The Kier molecular flexibility index (Phi) is 6.37. The number of rotatable bonds is 4. The number of ether oxygens (including phenoxy) is 1. The molecule has 1 unspecified atom stereocenters. The van der Waals surface area contributed by atoms with Gasteiger partial charge in [-0.1, -0.05) is 32.0 Å². The second-order valence-electron chi connectivity index (χ2n) is 7.75. The molecule has 0 bridgehead atoms. The molecule has 0 aliphatic carbocycles. The summed E-state index contributed by atoms with van der Waals surface area (Å²) in [5.41, 5.74) is 1.05. The first-order valence-electron chi connectivity index (χ1n) is 9.95. The van der Waals surface area contributed by atoms with E-state index in [4.69, 9.17) is 4.74 Å². The minimum Gasteiger partial charge on any atom is -0.496 e. The molecule has 1 N–H and O–H groups in total. The van der Waals surface area contributed by atoms with Crippen molar-refractivity contribution < 1.29 is 14.3 Å². The van der Waals surface area contributed by atoms with Gasteiger partial charge in [0, 0.05) is 50.1 Å². The normalized spacial score (nSPS) is 21.4. The third-order valence-corrected chi connectivity index (χ3v) is 5.67. The van der Waals surface area contributed by atoms with E-state index in [1.165, 1.54) is 0 Å². The van der Waals surface area contributed by atoms with Crippen LogP contribution < -0.4 is 10.1 Å². The quantitative estimate of drug-likeness (QED) is 0.878. The maximum atomic E-state index is 13.3. The summed E-state index contributed by atoms with van der Waals surface area (Å²) in [7, 11) is 1.67. The zero-order valence-corrected chi connectivity index (χ0v) is 16.6. The number of benzene rings is 1. The molecule has 2 fully saturated rings. The number of piperazine rings is 1. The number of methoxy groups -OCH3 is 1. The molecule has 148 valence electrons. The number of carbonyl (C=O) groups is 2. The molecule has 6 nitrogen and oxygen atoms in total. The van der Waals surface area contributed by atoms with Crippen molar-refractivity contribution in [3.05, 3.63) is 29.8 Å². The maximum absolute atomic E-state index is 13.3. The summed E-state index contributed by atoms with van der Waals surface area (Å²) in [5.74, 6) is 1.23. The Balaban J connectivity index is 1.70. The number of nitrogens with zero attached hydrogens (tertiary/aromatic N) is 2. The van der Waals surface area contributed by atoms with E-state index in [2.05, 4.69) is 5.32 Å². The fourth-order valence-corrected chi connectivity index (χ4v) is 4.13. The minimum atomic E-state index is -0.0160. The summed E-state index contributed by atoms with van der Waals surface area (Å²) in [6.07, 6.45) is 1.50. The number of amides is 2. The Morgan fingerprint density at radius 2 is 1.85 bits per heavy atom. The number of para-hydroxylation sites is 1. The van der Waals surface area contributed by atoms with Crippen molar-refractivity contribution >= 4 is 11.8 Å². The van der Waals surface area contributed by atoms with Gasteiger partial charge in [-0.15, -0.1) is 0 Å². The zero-order chi connectivity index (χ0) is 19.4. The second-order valence-corrected chi connectivity index (χ2v) is 7.75. The van der Waals surface area contributed by atoms with Crippen molar-refractivity contribution in [2.45, 2.75) is 32.7 Å². The van der Waals surface area contributed by atoms with Gasteiger partial charge in [-0.3, -0.25) is 9.59 Å². The molecule has 2 aliphatic rings. The maximum Gasteiger partial charge on any atom is 0.226 e. The van der Waals surface area contributed by atoms with Crippen molar-refractivity contribution in [1.82, 2.24) is 15.1 Å². The molecule has 2 amide bonds. The molecular weight excluding hydrogens is 342 g/mol. The van der Waals surface area contributed by atoms with Gasteiger partial charge in [0.25, 0.3) is 0 Å². The summed E-state index contributed by atoms with van der Waals surface area (Å²) in [4.78, 5) is 29.4. The Bertz CT molecular complexity index is 668. The van der Waals surface area contributed by atoms with Crippen LogP contribution in [0.3, 0.4) is 0 Å². The first-order valence-corrected chi connectivity index (χ1v) is 9.95. The van der Waals surface area contributed by atoms with Crippen LogP contribution in [-0.4, -0.2) is 61.4 Å². The van der Waals surface area contributed by atoms with Gasteiger partial charge < -0.3 is 19.9 Å². The molecule has 1 aromatic rings. The molecule has 2 heterocycles. The highest BCUT2D eigenvalue weighted by atomic mass is 16.5. The van der Waals surface area contributed by atoms with Crippen molar-refractivity contribution in [1.29, 1.82) is 0 Å². The highest BCUT2D eigenvalue weighted by molar-refractivity contribution is 5.81. The van der Waals surface area contributed by atoms with E-state index in [0.717, 1.165) is 37.2 Å². The lowest BCUT2D eigenvalue weighted by Gasteiger charge is -2.41. The highest BCUT2D eigenvalue weighted by Crippen LogP contribution is 2.32. The van der Waals surface area contributed by atoms with Gasteiger partial charge in [-0.25, -0.2) is 0 Å². The van der Waals surface area contributed by atoms with Gasteiger partial charge in [0.05, 0.1) is 13.2 Å². The Labute approximate surface area is 161 Å². The highest BCUT2D eigenvalue weighted by Gasteiger charge is 2.36. The van der Waals surface area contributed by atoms with Gasteiger partial charge >= 0.3 is 0 Å². The SMILES string of the molecule is COc1ccccc1C1CNCCN1C(=O)C1CCN(C(=O)C(C)C)CC1. The van der Waals surface area contributed by atoms with Crippen LogP contribution in [0.25, 0.3) is 0 Å². The lowest BCUT2D eigenvalue weighted by molar-refractivity contribution is -0.144. The van der Waals surface area contributed by atoms with Crippen LogP contribution in [0.1, 0.15) is 38.3 Å². The largest absolute Gasteiger partial charge is 0.496 e. The molecule has 0 saturated carbocycles. The van der Waals surface area contributed by atoms with Crippen molar-refractivity contribution in [2.75, 3.05) is 39.8 Å². The van der Waals surface area contributed by atoms with E-state index in [-0.39, 0.29) is 29.7 Å². The van der Waals surface area contributed by atoms with Crippen LogP contribution >= 0.6 is 0 Å². The van der Waals surface area contributed by atoms with Crippen LogP contribution in [0, 0.1) is 11.8 Å². The van der Waals surface area contributed by atoms with E-state index in [1.54, 1.807) is 7.11 Å². The number of hydrogen-bond donors (Lipinski definition) is 1. The fourth-order valence-electron chi connectivity index (χ4n) is 4.13. The van der Waals surface area contributed by atoms with Gasteiger partial charge in [0.1, 0.15) is 5.75 Å². The first kappa shape index (κ1) is 19.7. The molecule has 1 aromatic carbocycles. The minimum absolute atomic E-state index is 0.00322. The van der Waals surface area contributed by atoms with Crippen LogP contribution in [0.5, 0.6) is 5.75 Å². The van der Waals surface area contributed by atoms with E-state index >= 15 is 0 Å². The fraction of sp³-hybridized carbons (Fsp3) is 0.619. The lowest BCUT2D eigenvalue weighted by Crippen LogP contribution is -2.52. The molecule has 3 rings (SSSR count). The second kappa shape index (κ2) is 8.74. The van der Waals surface area contributed by atoms with Crippen LogP contribution in [0.15, 0.2) is 24.3 Å². The van der Waals surface area contributed by atoms with Crippen LogP contribution in [0.2, 0.25) is 0 Å². The van der Waals surface area contributed by atoms with E-state index < -0.39 is 0 Å². The molecule has 0 spiro atoms. The average Bonchev–Trinajstić information content (AvgIpc) is 2.72. The monoisotopic (exact) mass is 373 g/mol. The number of carbonyl (C=O) groups excluding carboxylic acids is 2. The third-order valence-electron chi connectivity index (χ3n) is 5.67. The predicted octanol–water partition coefficient (Wildman–Crippen LogP) is 2.06. The molecular formula is C21H31N3O3. The topological polar surface area (TPSA) is 61.9 Å². The van der Waals surface area contributed by atoms with Crippen molar-refractivity contribution in [3.63, 3.8) is 0 Å². The summed E-state index contributed by atoms with van der Waals surface area (Å²) >= 11 is 0. The van der Waals surface area contributed by atoms with E-state index in [1.807, 2.05) is 47.9 Å². The molecule has 2 aliphatic heterocycles. The summed E-state index contributed by atoms with van der Waals surface area (Å²) in [6, 6.07) is 7.92. The van der Waals surface area contributed by atoms with Crippen molar-refractivity contribution in [2.24, 2.45) is 11.8 Å². The van der Waals surface area contributed by atoms with E-state index in [9.17, 15) is 9.59 Å².